The van der Waals surface area contributed by atoms with E-state index < -0.39 is 5.78 Å². The zero-order valence-corrected chi connectivity index (χ0v) is 16.9. The molecule has 0 saturated carbocycles. The highest BCUT2D eigenvalue weighted by atomic mass is 35.5. The quantitative estimate of drug-likeness (QED) is 0.422. The summed E-state index contributed by atoms with van der Waals surface area (Å²) in [6.07, 6.45) is 0. The van der Waals surface area contributed by atoms with Crippen LogP contribution in [-0.2, 0) is 0 Å². The van der Waals surface area contributed by atoms with Crippen molar-refractivity contribution in [2.45, 2.75) is 0 Å². The number of nitrogens with two attached hydrogens (primary N) is 2. The summed E-state index contributed by atoms with van der Waals surface area (Å²) in [5, 5.41) is 16.9. The lowest BCUT2D eigenvalue weighted by molar-refractivity contribution is 0.105. The van der Waals surface area contributed by atoms with Gasteiger partial charge in [0.2, 0.25) is 5.95 Å². The van der Waals surface area contributed by atoms with E-state index in [2.05, 4.69) is 15.2 Å². The van der Waals surface area contributed by atoms with Crippen LogP contribution in [-0.4, -0.2) is 21.0 Å². The van der Waals surface area contributed by atoms with E-state index in [1.165, 1.54) is 12.1 Å². The number of halogens is 4. The molecule has 3 rings (SSSR count). The number of anilines is 2. The van der Waals surface area contributed by atoms with E-state index in [1.807, 2.05) is 0 Å². The van der Waals surface area contributed by atoms with Crippen LogP contribution in [0.1, 0.15) is 10.4 Å². The molecule has 0 atom stereocenters. The van der Waals surface area contributed by atoms with Gasteiger partial charge < -0.3 is 11.5 Å². The van der Waals surface area contributed by atoms with Crippen molar-refractivity contribution in [1.82, 2.24) is 15.2 Å². The topological polar surface area (TPSA) is 132 Å². The number of nitriles is 1. The molecule has 7 nitrogen and oxygen atoms in total. The van der Waals surface area contributed by atoms with Gasteiger partial charge in [-0.15, -0.1) is 10.2 Å². The van der Waals surface area contributed by atoms with Crippen LogP contribution in [0.15, 0.2) is 36.4 Å². The van der Waals surface area contributed by atoms with E-state index in [4.69, 9.17) is 63.1 Å². The maximum atomic E-state index is 10.9. The van der Waals surface area contributed by atoms with E-state index in [-0.39, 0.29) is 27.4 Å². The Kier molecular flexibility index (Phi) is 7.38. The van der Waals surface area contributed by atoms with E-state index >= 15 is 0 Å². The molecule has 28 heavy (non-hydrogen) atoms. The van der Waals surface area contributed by atoms with Crippen LogP contribution in [0.3, 0.4) is 0 Å². The van der Waals surface area contributed by atoms with Crippen LogP contribution < -0.4 is 11.5 Å². The molecule has 1 aromatic heterocycles. The van der Waals surface area contributed by atoms with Gasteiger partial charge in [-0.25, -0.2) is 0 Å². The molecule has 0 spiro atoms. The molecule has 0 aliphatic heterocycles. The van der Waals surface area contributed by atoms with Gasteiger partial charge in [0.15, 0.2) is 5.82 Å². The summed E-state index contributed by atoms with van der Waals surface area (Å²) in [6, 6.07) is 11.2. The Hall–Kier alpha value is -2.63. The molecule has 3 aromatic rings. The van der Waals surface area contributed by atoms with Crippen molar-refractivity contribution >= 4 is 64.0 Å². The minimum atomic E-state index is -0.678. The monoisotopic (exact) mass is 454 g/mol. The van der Waals surface area contributed by atoms with Gasteiger partial charge >= 0.3 is 0 Å². The summed E-state index contributed by atoms with van der Waals surface area (Å²) < 4.78 is 0. The molecule has 2 aromatic carbocycles. The van der Waals surface area contributed by atoms with Gasteiger partial charge in [0.1, 0.15) is 11.8 Å². The minimum absolute atomic E-state index is 0.0133. The summed E-state index contributed by atoms with van der Waals surface area (Å²) in [5.74, 6) is -0.501. The SMILES string of the molecule is N#CC(=O)c1cccc(Cl)c1Cl.Nc1nnc(-c2cccc(Cl)c2Cl)c(N)n1. The maximum Gasteiger partial charge on any atom is 0.263 e. The Balaban J connectivity index is 0.000000209. The van der Waals surface area contributed by atoms with Crippen LogP contribution in [0.5, 0.6) is 0 Å². The first-order chi connectivity index (χ1) is 13.3. The van der Waals surface area contributed by atoms with Crippen LogP contribution in [0.4, 0.5) is 11.8 Å². The number of benzene rings is 2. The fourth-order valence-electron chi connectivity index (χ4n) is 1.97. The van der Waals surface area contributed by atoms with Gasteiger partial charge in [-0.3, -0.25) is 4.79 Å². The van der Waals surface area contributed by atoms with E-state index in [1.54, 1.807) is 30.3 Å². The van der Waals surface area contributed by atoms with Crippen molar-refractivity contribution in [1.29, 1.82) is 5.26 Å². The van der Waals surface area contributed by atoms with Crippen LogP contribution in [0.25, 0.3) is 11.3 Å². The highest BCUT2D eigenvalue weighted by molar-refractivity contribution is 6.44. The number of nitrogen functional groups attached to an aromatic ring is 2. The Bertz CT molecular complexity index is 1080. The van der Waals surface area contributed by atoms with Crippen molar-refractivity contribution in [3.63, 3.8) is 0 Å². The van der Waals surface area contributed by atoms with Crippen LogP contribution >= 0.6 is 46.4 Å². The van der Waals surface area contributed by atoms with E-state index in [9.17, 15) is 4.79 Å². The van der Waals surface area contributed by atoms with Crippen molar-refractivity contribution in [3.05, 3.63) is 62.1 Å². The molecule has 0 unspecified atom stereocenters. The standard InChI is InChI=1S/C9H7Cl2N5.C8H3Cl2NO/c10-5-3-1-2-4(6(5)11)7-8(12)14-9(13)16-15-7;9-6-3-1-2-5(8(6)10)7(12)4-11/h1-3H,(H4,12,13,14,16);1-3H. The highest BCUT2D eigenvalue weighted by Crippen LogP contribution is 2.34. The number of nitrogens with zero attached hydrogens (tertiary/aromatic N) is 4. The van der Waals surface area contributed by atoms with Crippen LogP contribution in [0.2, 0.25) is 20.1 Å². The second-order valence-corrected chi connectivity index (χ2v) is 6.62. The number of carbonyl (C=O) groups is 1. The minimum Gasteiger partial charge on any atom is -0.382 e. The van der Waals surface area contributed by atoms with Gasteiger partial charge in [-0.2, -0.15) is 10.2 Å². The second kappa shape index (κ2) is 9.53. The highest BCUT2D eigenvalue weighted by Gasteiger charge is 2.13. The summed E-state index contributed by atoms with van der Waals surface area (Å²) in [7, 11) is 0. The zero-order valence-electron chi connectivity index (χ0n) is 13.8. The molecule has 0 aliphatic carbocycles. The fraction of sp³-hybridized carbons (Fsp3) is 0. The first-order valence-electron chi connectivity index (χ1n) is 7.34. The largest absolute Gasteiger partial charge is 0.382 e. The second-order valence-electron chi connectivity index (χ2n) is 5.05. The molecule has 4 N–H and O–H groups in total. The lowest BCUT2D eigenvalue weighted by Gasteiger charge is -2.06. The molecule has 0 bridgehead atoms. The summed E-state index contributed by atoms with van der Waals surface area (Å²) >= 11 is 23.2. The third kappa shape index (κ3) is 5.00. The summed E-state index contributed by atoms with van der Waals surface area (Å²) in [4.78, 5) is 14.7. The number of rotatable bonds is 2. The number of carbonyl (C=O) groups excluding carboxylic acids is 1. The lowest BCUT2D eigenvalue weighted by Crippen LogP contribution is -2.04. The number of Topliss-reactive ketones (excluding diaryl/α,β-unsaturated/α-hetero) is 1. The lowest BCUT2D eigenvalue weighted by atomic mass is 10.1. The Labute approximate surface area is 179 Å². The molecule has 142 valence electrons. The van der Waals surface area contributed by atoms with Crippen molar-refractivity contribution in [3.8, 4) is 17.3 Å². The van der Waals surface area contributed by atoms with Gasteiger partial charge in [0, 0.05) is 5.56 Å². The van der Waals surface area contributed by atoms with Crippen molar-refractivity contribution in [2.75, 3.05) is 11.5 Å². The Morgan fingerprint density at radius 3 is 2.14 bits per heavy atom. The van der Waals surface area contributed by atoms with Gasteiger partial charge in [-0.05, 0) is 18.2 Å². The molecule has 1 heterocycles. The molecule has 11 heteroatoms. The number of hydrogen-bond acceptors (Lipinski definition) is 7. The summed E-state index contributed by atoms with van der Waals surface area (Å²) in [6.45, 7) is 0. The normalized spacial score (nSPS) is 9.82. The van der Waals surface area contributed by atoms with Gasteiger partial charge in [0.05, 0.1) is 25.7 Å². The number of hydrogen-bond donors (Lipinski definition) is 2. The summed E-state index contributed by atoms with van der Waals surface area (Å²) in [5.41, 5.74) is 12.1. The molecule has 0 saturated heterocycles. The first kappa shape index (κ1) is 21.7. The third-order valence-corrected chi connectivity index (χ3v) is 4.87. The number of aromatic nitrogens is 3. The first-order valence-corrected chi connectivity index (χ1v) is 8.86. The molecular weight excluding hydrogens is 446 g/mol. The molecule has 0 fully saturated rings. The average Bonchev–Trinajstić information content (AvgIpc) is 2.67. The molecule has 0 radical (unpaired) electrons. The maximum absolute atomic E-state index is 10.9. The van der Waals surface area contributed by atoms with E-state index in [0.29, 0.717) is 21.3 Å². The predicted octanol–water partition coefficient (Wildman–Crippen LogP) is 4.71. The van der Waals surface area contributed by atoms with E-state index in [0.717, 1.165) is 0 Å². The molecule has 0 aliphatic rings. The average molecular weight is 456 g/mol. The van der Waals surface area contributed by atoms with Gasteiger partial charge in [-0.1, -0.05) is 64.6 Å². The van der Waals surface area contributed by atoms with Crippen molar-refractivity contribution < 1.29 is 4.79 Å². The Morgan fingerprint density at radius 2 is 1.54 bits per heavy atom. The van der Waals surface area contributed by atoms with Crippen LogP contribution in [0, 0.1) is 11.3 Å². The fourth-order valence-corrected chi connectivity index (χ4v) is 2.75. The predicted molar refractivity (Wildman–Crippen MR) is 111 cm³/mol. The Morgan fingerprint density at radius 1 is 0.929 bits per heavy atom. The zero-order chi connectivity index (χ0) is 20.8. The molecular formula is C17H10Cl4N6O. The van der Waals surface area contributed by atoms with Crippen molar-refractivity contribution in [2.24, 2.45) is 0 Å². The number of ketones is 1. The van der Waals surface area contributed by atoms with Gasteiger partial charge in [0.25, 0.3) is 5.78 Å². The smallest absolute Gasteiger partial charge is 0.263 e. The molecule has 0 amide bonds. The third-order valence-electron chi connectivity index (χ3n) is 3.23.